The van der Waals surface area contributed by atoms with Crippen molar-refractivity contribution in [2.24, 2.45) is 23.5 Å². The number of ether oxygens (including phenoxy) is 1. The highest BCUT2D eigenvalue weighted by molar-refractivity contribution is 5.94. The van der Waals surface area contributed by atoms with Gasteiger partial charge in [-0.1, -0.05) is 78.3 Å². The Morgan fingerprint density at radius 1 is 0.873 bits per heavy atom. The number of esters is 1. The van der Waals surface area contributed by atoms with Gasteiger partial charge in [-0.15, -0.1) is 0 Å². The first kappa shape index (κ1) is 46.6. The fourth-order valence-electron chi connectivity index (χ4n) is 6.59. The molecule has 16 nitrogen and oxygen atoms in total. The number of nitrogens with one attached hydrogen (secondary N) is 5. The molecule has 1 fully saturated rings. The number of methoxy groups -OCH3 is 1. The van der Waals surface area contributed by atoms with Gasteiger partial charge in [0.15, 0.2) is 0 Å². The summed E-state index contributed by atoms with van der Waals surface area (Å²) in [4.78, 5) is 92.4. The van der Waals surface area contributed by atoms with Crippen LogP contribution in [0.25, 0.3) is 0 Å². The first-order valence-electron chi connectivity index (χ1n) is 19.2. The SMILES string of the molecule is CCC(C)[C@H](NC(=O)[C@@H]1CCCN1CC(O)C(Cc1ccccc1)NC(=O)[C@H](CC(N)=O)NC(=O)[C@H](CC(C)C)NC(C)=O)C(=O)N[C@H](C(=O)OC)C(C)C. The van der Waals surface area contributed by atoms with Gasteiger partial charge in [-0.05, 0) is 55.5 Å². The predicted molar refractivity (Wildman–Crippen MR) is 206 cm³/mol. The maximum absolute atomic E-state index is 13.8. The first-order valence-corrected chi connectivity index (χ1v) is 19.2. The number of aliphatic hydroxyl groups is 1. The number of benzene rings is 1. The summed E-state index contributed by atoms with van der Waals surface area (Å²) in [6.07, 6.45) is 0.360. The molecule has 0 aromatic heterocycles. The second-order valence-corrected chi connectivity index (χ2v) is 15.3. The van der Waals surface area contributed by atoms with E-state index >= 15 is 0 Å². The molecule has 6 amide bonds. The minimum absolute atomic E-state index is 0.0230. The summed E-state index contributed by atoms with van der Waals surface area (Å²) in [7, 11) is 1.24. The lowest BCUT2D eigenvalue weighted by Crippen LogP contribution is -2.59. The molecule has 1 heterocycles. The topological polar surface area (TPSA) is 238 Å². The van der Waals surface area contributed by atoms with Gasteiger partial charge >= 0.3 is 5.97 Å². The molecule has 308 valence electrons. The third kappa shape index (κ3) is 15.2. The highest BCUT2D eigenvalue weighted by Gasteiger charge is 2.38. The van der Waals surface area contributed by atoms with Gasteiger partial charge in [0.1, 0.15) is 24.2 Å². The predicted octanol–water partition coefficient (Wildman–Crippen LogP) is 0.295. The van der Waals surface area contributed by atoms with Crippen molar-refractivity contribution in [3.63, 3.8) is 0 Å². The average Bonchev–Trinajstić information content (AvgIpc) is 3.58. The number of rotatable bonds is 22. The van der Waals surface area contributed by atoms with E-state index in [0.717, 1.165) is 5.56 Å². The van der Waals surface area contributed by atoms with Crippen molar-refractivity contribution in [3.05, 3.63) is 35.9 Å². The van der Waals surface area contributed by atoms with E-state index in [1.54, 1.807) is 18.7 Å². The Hall–Kier alpha value is -4.57. The number of aliphatic hydroxyl groups excluding tert-OH is 1. The molecule has 16 heteroatoms. The lowest BCUT2D eigenvalue weighted by molar-refractivity contribution is -0.147. The standard InChI is InChI=1S/C39H63N7O9/c1-9-24(6)34(38(53)44-33(23(4)5)39(54)55-8)45-37(52)30-16-13-17-46(30)21-31(48)27(19-26-14-11-10-12-15-26)42-36(51)29(20-32(40)49)43-35(50)28(18-22(2)3)41-25(7)47/h10-12,14-15,22-24,27-31,33-34,48H,9,13,16-21H2,1-8H3,(H2,40,49)(H,41,47)(H,42,51)(H,43,50)(H,44,53)(H,45,52)/t24?,27?,28-,29-,30-,31?,33-,34-/m0/s1. The minimum atomic E-state index is -1.40. The van der Waals surface area contributed by atoms with Crippen molar-refractivity contribution in [2.75, 3.05) is 20.2 Å². The Kier molecular flexibility index (Phi) is 19.2. The van der Waals surface area contributed by atoms with E-state index in [2.05, 4.69) is 26.6 Å². The normalized spacial score (nSPS) is 18.2. The number of carbonyl (C=O) groups is 7. The van der Waals surface area contributed by atoms with Crippen LogP contribution in [0.5, 0.6) is 0 Å². The fourth-order valence-corrected chi connectivity index (χ4v) is 6.59. The second kappa shape index (κ2) is 22.7. The highest BCUT2D eigenvalue weighted by atomic mass is 16.5. The fraction of sp³-hybridized carbons (Fsp3) is 0.667. The summed E-state index contributed by atoms with van der Waals surface area (Å²) in [5, 5.41) is 25.3. The van der Waals surface area contributed by atoms with E-state index < -0.39 is 90.2 Å². The molecule has 0 aliphatic carbocycles. The van der Waals surface area contributed by atoms with Crippen LogP contribution in [0.15, 0.2) is 30.3 Å². The molecule has 0 spiro atoms. The number of hydrogen-bond donors (Lipinski definition) is 7. The van der Waals surface area contributed by atoms with Crippen molar-refractivity contribution in [2.45, 2.75) is 129 Å². The van der Waals surface area contributed by atoms with E-state index in [1.165, 1.54) is 14.0 Å². The number of β-amino-alcohol motifs (C(OH)–C–C–N with tert-alkyl or cyclic N) is 1. The summed E-state index contributed by atoms with van der Waals surface area (Å²) in [6.45, 7) is 12.7. The molecule has 1 aliphatic rings. The lowest BCUT2D eigenvalue weighted by Gasteiger charge is -2.33. The Bertz CT molecular complexity index is 1460. The van der Waals surface area contributed by atoms with Crippen LogP contribution in [-0.4, -0.2) is 114 Å². The summed E-state index contributed by atoms with van der Waals surface area (Å²) in [6, 6.07) is 3.28. The van der Waals surface area contributed by atoms with Crippen LogP contribution in [0.1, 0.15) is 86.1 Å². The summed E-state index contributed by atoms with van der Waals surface area (Å²) in [5.41, 5.74) is 6.26. The summed E-state index contributed by atoms with van der Waals surface area (Å²) in [5.74, 6) is -4.71. The van der Waals surface area contributed by atoms with Gasteiger partial charge in [-0.25, -0.2) is 4.79 Å². The minimum Gasteiger partial charge on any atom is -0.467 e. The maximum Gasteiger partial charge on any atom is 0.328 e. The molecule has 0 bridgehead atoms. The zero-order valence-corrected chi connectivity index (χ0v) is 33.6. The van der Waals surface area contributed by atoms with Gasteiger partial charge in [-0.3, -0.25) is 33.7 Å². The summed E-state index contributed by atoms with van der Waals surface area (Å²) >= 11 is 0. The van der Waals surface area contributed by atoms with E-state index in [4.69, 9.17) is 10.5 Å². The number of carbonyl (C=O) groups excluding carboxylic acids is 7. The van der Waals surface area contributed by atoms with Gasteiger partial charge in [0.25, 0.3) is 0 Å². The molecule has 55 heavy (non-hydrogen) atoms. The quantitative estimate of drug-likeness (QED) is 0.0796. The van der Waals surface area contributed by atoms with Crippen molar-refractivity contribution in [1.82, 2.24) is 31.5 Å². The number of nitrogens with two attached hydrogens (primary N) is 1. The highest BCUT2D eigenvalue weighted by Crippen LogP contribution is 2.21. The monoisotopic (exact) mass is 773 g/mol. The van der Waals surface area contributed by atoms with Crippen LogP contribution in [0.3, 0.4) is 0 Å². The third-order valence-electron chi connectivity index (χ3n) is 9.83. The van der Waals surface area contributed by atoms with Crippen molar-refractivity contribution in [3.8, 4) is 0 Å². The van der Waals surface area contributed by atoms with Crippen molar-refractivity contribution in [1.29, 1.82) is 0 Å². The molecule has 1 aromatic rings. The van der Waals surface area contributed by atoms with Gasteiger partial charge in [-0.2, -0.15) is 0 Å². The molecule has 2 rings (SSSR count). The molecule has 0 radical (unpaired) electrons. The molecule has 1 aromatic carbocycles. The van der Waals surface area contributed by atoms with Crippen LogP contribution in [0.2, 0.25) is 0 Å². The smallest absolute Gasteiger partial charge is 0.328 e. The molecule has 8 atom stereocenters. The average molecular weight is 774 g/mol. The van der Waals surface area contributed by atoms with E-state index in [1.807, 2.05) is 58.0 Å². The van der Waals surface area contributed by atoms with E-state index in [0.29, 0.717) is 25.8 Å². The van der Waals surface area contributed by atoms with Gasteiger partial charge in [0, 0.05) is 13.5 Å². The molecule has 1 saturated heterocycles. The zero-order chi connectivity index (χ0) is 41.4. The molecule has 1 aliphatic heterocycles. The van der Waals surface area contributed by atoms with Crippen LogP contribution in [-0.2, 0) is 44.7 Å². The molecular weight excluding hydrogens is 710 g/mol. The molecule has 3 unspecified atom stereocenters. The number of likely N-dealkylation sites (tertiary alicyclic amines) is 1. The third-order valence-corrected chi connectivity index (χ3v) is 9.83. The molecule has 8 N–H and O–H groups in total. The zero-order valence-electron chi connectivity index (χ0n) is 33.6. The maximum atomic E-state index is 13.8. The number of primary amides is 1. The largest absolute Gasteiger partial charge is 0.467 e. The summed E-state index contributed by atoms with van der Waals surface area (Å²) < 4.78 is 4.87. The van der Waals surface area contributed by atoms with E-state index in [-0.39, 0.29) is 37.1 Å². The second-order valence-electron chi connectivity index (χ2n) is 15.3. The van der Waals surface area contributed by atoms with Crippen molar-refractivity contribution >= 4 is 41.4 Å². The van der Waals surface area contributed by atoms with Crippen molar-refractivity contribution < 1.29 is 43.4 Å². The van der Waals surface area contributed by atoms with Crippen LogP contribution >= 0.6 is 0 Å². The van der Waals surface area contributed by atoms with Gasteiger partial charge < -0.3 is 42.2 Å². The molecule has 0 saturated carbocycles. The first-order chi connectivity index (χ1) is 25.9. The van der Waals surface area contributed by atoms with Crippen LogP contribution in [0, 0.1) is 17.8 Å². The van der Waals surface area contributed by atoms with E-state index in [9.17, 15) is 38.7 Å². The molecular formula is C39H63N7O9. The van der Waals surface area contributed by atoms with Crippen LogP contribution in [0.4, 0.5) is 0 Å². The Balaban J connectivity index is 2.30. The van der Waals surface area contributed by atoms with Crippen LogP contribution < -0.4 is 32.3 Å². The lowest BCUT2D eigenvalue weighted by atomic mass is 9.96. The number of amides is 6. The van der Waals surface area contributed by atoms with Gasteiger partial charge in [0.2, 0.25) is 35.4 Å². The van der Waals surface area contributed by atoms with Gasteiger partial charge in [0.05, 0.1) is 31.7 Å². The Morgan fingerprint density at radius 2 is 1.51 bits per heavy atom. The Morgan fingerprint density at radius 3 is 2.05 bits per heavy atom. The number of hydrogen-bond acceptors (Lipinski definition) is 10. The Labute approximate surface area is 324 Å². The number of nitrogens with zero attached hydrogens (tertiary/aromatic N) is 1.